The van der Waals surface area contributed by atoms with E-state index in [-0.39, 0.29) is 0 Å². The van der Waals surface area contributed by atoms with Crippen molar-refractivity contribution in [2.75, 3.05) is 11.4 Å². The first-order chi connectivity index (χ1) is 10.9. The number of fused-ring (bicyclic) bond motifs is 6. The lowest BCUT2D eigenvalue weighted by Crippen LogP contribution is -2.38. The van der Waals surface area contributed by atoms with Gasteiger partial charge in [-0.3, -0.25) is 0 Å². The molecule has 0 fully saturated rings. The Kier molecular flexibility index (Phi) is 2.81. The molecule has 0 saturated carbocycles. The summed E-state index contributed by atoms with van der Waals surface area (Å²) >= 11 is 3.79. The zero-order valence-corrected chi connectivity index (χ0v) is 13.7. The van der Waals surface area contributed by atoms with Crippen molar-refractivity contribution in [3.63, 3.8) is 0 Å². The Bertz CT molecular complexity index is 910. The van der Waals surface area contributed by atoms with Gasteiger partial charge in [0.25, 0.3) is 5.01 Å². The molecule has 3 heterocycles. The number of nitrogens with zero attached hydrogens (tertiary/aromatic N) is 2. The highest BCUT2D eigenvalue weighted by Gasteiger charge is 2.29. The Balaban J connectivity index is 1.70. The van der Waals surface area contributed by atoms with Crippen LogP contribution in [0.15, 0.2) is 58.5 Å². The first-order valence-corrected chi connectivity index (χ1v) is 9.21. The van der Waals surface area contributed by atoms with Crippen molar-refractivity contribution in [3.8, 4) is 0 Å². The van der Waals surface area contributed by atoms with Crippen molar-refractivity contribution in [2.45, 2.75) is 17.9 Å². The maximum absolute atomic E-state index is 2.48. The topological polar surface area (TPSA) is 7.12 Å². The molecule has 0 atom stereocenters. The number of hydrogen-bond donors (Lipinski definition) is 0. The van der Waals surface area contributed by atoms with E-state index in [2.05, 4.69) is 64.1 Å². The third-order valence-electron chi connectivity index (χ3n) is 4.28. The fraction of sp³-hybridized carbons (Fsp3) is 0.167. The number of para-hydroxylation sites is 2. The number of benzene rings is 2. The van der Waals surface area contributed by atoms with Crippen LogP contribution in [-0.4, -0.2) is 6.54 Å². The highest BCUT2D eigenvalue weighted by atomic mass is 32.2. The number of hydrogen-bond acceptors (Lipinski definition) is 3. The van der Waals surface area contributed by atoms with Gasteiger partial charge in [0, 0.05) is 23.9 Å². The van der Waals surface area contributed by atoms with E-state index < -0.39 is 0 Å². The Morgan fingerprint density at radius 3 is 2.86 bits per heavy atom. The zero-order chi connectivity index (χ0) is 14.5. The van der Waals surface area contributed by atoms with E-state index in [0.29, 0.717) is 0 Å². The summed E-state index contributed by atoms with van der Waals surface area (Å²) in [5, 5.41) is 2.72. The number of aryl methyl sites for hydroxylation is 1. The number of thioether (sulfide) groups is 1. The molecule has 2 aliphatic heterocycles. The molecule has 3 aromatic rings. The highest BCUT2D eigenvalue weighted by Crippen LogP contribution is 2.47. The van der Waals surface area contributed by atoms with E-state index in [1.165, 1.54) is 37.3 Å². The van der Waals surface area contributed by atoms with E-state index in [1.807, 2.05) is 23.1 Å². The molecule has 0 amide bonds. The number of rotatable bonds is 0. The molecular weight excluding hydrogens is 308 g/mol. The number of thiazole rings is 1. The molecular formula is C18H15N2S2+. The van der Waals surface area contributed by atoms with E-state index in [9.17, 15) is 0 Å². The van der Waals surface area contributed by atoms with Gasteiger partial charge >= 0.3 is 0 Å². The smallest absolute Gasteiger partial charge is 0.265 e. The second-order valence-corrected chi connectivity index (χ2v) is 7.74. The van der Waals surface area contributed by atoms with Gasteiger partial charge in [0.15, 0.2) is 6.54 Å². The largest absolute Gasteiger partial charge is 0.335 e. The molecule has 0 unspecified atom stereocenters. The molecule has 0 spiro atoms. The van der Waals surface area contributed by atoms with Gasteiger partial charge in [-0.05, 0) is 18.2 Å². The number of aromatic nitrogens is 1. The van der Waals surface area contributed by atoms with Crippen LogP contribution in [0.2, 0.25) is 0 Å². The van der Waals surface area contributed by atoms with Crippen LogP contribution in [0.4, 0.5) is 5.69 Å². The monoisotopic (exact) mass is 323 g/mol. The second-order valence-electron chi connectivity index (χ2n) is 5.62. The Morgan fingerprint density at radius 1 is 1.00 bits per heavy atom. The maximum Gasteiger partial charge on any atom is 0.265 e. The lowest BCUT2D eigenvalue weighted by Gasteiger charge is -2.20. The maximum atomic E-state index is 2.48. The first kappa shape index (κ1) is 12.7. The van der Waals surface area contributed by atoms with E-state index in [4.69, 9.17) is 0 Å². The summed E-state index contributed by atoms with van der Waals surface area (Å²) in [5.41, 5.74) is 2.74. The van der Waals surface area contributed by atoms with Gasteiger partial charge < -0.3 is 4.90 Å². The Hall–Kier alpha value is -1.78. The summed E-state index contributed by atoms with van der Waals surface area (Å²) in [6, 6.07) is 17.5. The molecule has 22 heavy (non-hydrogen) atoms. The van der Waals surface area contributed by atoms with Gasteiger partial charge in [-0.25, -0.2) is 0 Å². The molecule has 0 N–H and O–H groups in total. The van der Waals surface area contributed by atoms with Crippen molar-refractivity contribution in [2.24, 2.45) is 0 Å². The van der Waals surface area contributed by atoms with Crippen molar-refractivity contribution in [1.29, 1.82) is 0 Å². The van der Waals surface area contributed by atoms with Crippen molar-refractivity contribution >= 4 is 45.1 Å². The van der Waals surface area contributed by atoms with Crippen LogP contribution in [0.25, 0.3) is 16.3 Å². The van der Waals surface area contributed by atoms with Gasteiger partial charge in [-0.15, -0.1) is 0 Å². The SMILES string of the molecule is C1=C2/Sc3ccccc3N2CCC[n+]2c/1sc1ccccc12. The molecule has 0 saturated heterocycles. The van der Waals surface area contributed by atoms with E-state index in [0.717, 1.165) is 13.1 Å². The normalized spacial score (nSPS) is 18.9. The van der Waals surface area contributed by atoms with E-state index in [1.54, 1.807) is 0 Å². The molecule has 2 nitrogen and oxygen atoms in total. The minimum absolute atomic E-state index is 1.09. The molecule has 0 bridgehead atoms. The number of anilines is 1. The lowest BCUT2D eigenvalue weighted by atomic mass is 10.2. The molecule has 1 aromatic heterocycles. The predicted octanol–water partition coefficient (Wildman–Crippen LogP) is 4.50. The predicted molar refractivity (Wildman–Crippen MR) is 94.3 cm³/mol. The van der Waals surface area contributed by atoms with Crippen LogP contribution in [0.3, 0.4) is 0 Å². The zero-order valence-electron chi connectivity index (χ0n) is 12.0. The molecule has 2 aliphatic rings. The molecule has 5 rings (SSSR count). The van der Waals surface area contributed by atoms with Crippen molar-refractivity contribution in [1.82, 2.24) is 0 Å². The standard InChI is InChI=1S/C18H15N2S2/c1-3-8-15-13(6-1)19-10-5-11-20-14-7-2-4-9-16(14)22-18(20)12-17(19)21-15/h1-4,6-9,12H,5,10-11H2/q+1. The fourth-order valence-electron chi connectivity index (χ4n) is 3.27. The van der Waals surface area contributed by atoms with Crippen LogP contribution in [0.1, 0.15) is 11.4 Å². The third-order valence-corrected chi connectivity index (χ3v) is 6.51. The third kappa shape index (κ3) is 1.84. The van der Waals surface area contributed by atoms with Gasteiger partial charge in [-0.2, -0.15) is 4.57 Å². The van der Waals surface area contributed by atoms with Crippen LogP contribution in [0, 0.1) is 0 Å². The second kappa shape index (κ2) is 4.86. The van der Waals surface area contributed by atoms with Crippen LogP contribution >= 0.6 is 23.1 Å². The quantitative estimate of drug-likeness (QED) is 0.562. The van der Waals surface area contributed by atoms with Crippen LogP contribution in [0.5, 0.6) is 0 Å². The summed E-state index contributed by atoms with van der Waals surface area (Å²) in [5.74, 6) is 0. The average molecular weight is 323 g/mol. The summed E-state index contributed by atoms with van der Waals surface area (Å²) in [6.07, 6.45) is 3.54. The average Bonchev–Trinajstić information content (AvgIpc) is 3.04. The van der Waals surface area contributed by atoms with Crippen LogP contribution < -0.4 is 9.47 Å². The van der Waals surface area contributed by atoms with Crippen molar-refractivity contribution < 1.29 is 4.57 Å². The van der Waals surface area contributed by atoms with Crippen molar-refractivity contribution in [3.05, 3.63) is 58.6 Å². The minimum Gasteiger partial charge on any atom is -0.335 e. The van der Waals surface area contributed by atoms with Gasteiger partial charge in [-0.1, -0.05) is 47.4 Å². The summed E-state index contributed by atoms with van der Waals surface area (Å²) < 4.78 is 3.86. The first-order valence-electron chi connectivity index (χ1n) is 7.58. The highest BCUT2D eigenvalue weighted by molar-refractivity contribution is 8.03. The summed E-state index contributed by atoms with van der Waals surface area (Å²) in [6.45, 7) is 2.18. The molecule has 0 radical (unpaired) electrons. The Morgan fingerprint density at radius 2 is 1.86 bits per heavy atom. The molecule has 0 aliphatic carbocycles. The Labute approximate surface area is 137 Å². The summed E-state index contributed by atoms with van der Waals surface area (Å²) in [4.78, 5) is 3.86. The lowest BCUT2D eigenvalue weighted by molar-refractivity contribution is -0.669. The summed E-state index contributed by atoms with van der Waals surface area (Å²) in [7, 11) is 0. The minimum atomic E-state index is 1.09. The van der Waals surface area contributed by atoms with Gasteiger partial charge in [0.05, 0.1) is 16.8 Å². The van der Waals surface area contributed by atoms with Crippen LogP contribution in [-0.2, 0) is 6.54 Å². The molecule has 2 aromatic carbocycles. The van der Waals surface area contributed by atoms with Gasteiger partial charge in [0.2, 0.25) is 5.52 Å². The fourth-order valence-corrected chi connectivity index (χ4v) is 5.60. The molecule has 4 heteroatoms. The van der Waals surface area contributed by atoms with E-state index >= 15 is 0 Å². The molecule has 108 valence electrons. The van der Waals surface area contributed by atoms with Gasteiger partial charge in [0.1, 0.15) is 4.70 Å².